The van der Waals surface area contributed by atoms with Crippen LogP contribution in [-0.2, 0) is 0 Å². The van der Waals surface area contributed by atoms with Crippen molar-refractivity contribution in [3.63, 3.8) is 0 Å². The van der Waals surface area contributed by atoms with Gasteiger partial charge >= 0.3 is 0 Å². The fourth-order valence-electron chi connectivity index (χ4n) is 1.76. The first-order chi connectivity index (χ1) is 8.77. The Morgan fingerprint density at radius 1 is 1.00 bits per heavy atom. The maximum Gasteiger partial charge on any atom is 0.109 e. The lowest BCUT2D eigenvalue weighted by molar-refractivity contribution is 0.937. The zero-order valence-corrected chi connectivity index (χ0v) is 10.9. The molecule has 0 aliphatic carbocycles. The van der Waals surface area contributed by atoms with E-state index in [0.717, 1.165) is 0 Å². The van der Waals surface area contributed by atoms with E-state index in [-0.39, 0.29) is 0 Å². The van der Waals surface area contributed by atoms with Crippen LogP contribution in [0.2, 0.25) is 0 Å². The smallest absolute Gasteiger partial charge is 0.109 e. The summed E-state index contributed by atoms with van der Waals surface area (Å²) in [6.45, 7) is 2.76. The van der Waals surface area contributed by atoms with Crippen molar-refractivity contribution < 1.29 is 0 Å². The Hall–Kier alpha value is -2.09. The summed E-state index contributed by atoms with van der Waals surface area (Å²) >= 11 is 0. The lowest BCUT2D eigenvalue weighted by atomic mass is 10.1. The van der Waals surface area contributed by atoms with Crippen LogP contribution in [0.15, 0.2) is 59.6 Å². The van der Waals surface area contributed by atoms with Gasteiger partial charge < -0.3 is 4.90 Å². The Labute approximate surface area is 109 Å². The monoisotopic (exact) mass is 238 g/mol. The Morgan fingerprint density at radius 3 is 2.39 bits per heavy atom. The van der Waals surface area contributed by atoms with Gasteiger partial charge in [-0.1, -0.05) is 42.5 Å². The minimum Gasteiger partial charge on any atom is -0.355 e. The van der Waals surface area contributed by atoms with Crippen LogP contribution in [0.5, 0.6) is 0 Å². The van der Waals surface area contributed by atoms with Gasteiger partial charge in [-0.15, -0.1) is 0 Å². The van der Waals surface area contributed by atoms with Crippen LogP contribution in [-0.4, -0.2) is 19.9 Å². The van der Waals surface area contributed by atoms with E-state index in [1.165, 1.54) is 16.8 Å². The number of aryl methyl sites for hydroxylation is 1. The molecule has 0 bridgehead atoms. The van der Waals surface area contributed by atoms with Crippen molar-refractivity contribution in [2.75, 3.05) is 18.6 Å². The Kier molecular flexibility index (Phi) is 4.13. The van der Waals surface area contributed by atoms with Crippen LogP contribution in [0.3, 0.4) is 0 Å². The molecule has 0 heterocycles. The molecular weight excluding hydrogens is 220 g/mol. The predicted molar refractivity (Wildman–Crippen MR) is 78.5 cm³/mol. The lowest BCUT2D eigenvalue weighted by Gasteiger charge is -2.16. The van der Waals surface area contributed by atoms with Gasteiger partial charge in [-0.2, -0.15) is 0 Å². The van der Waals surface area contributed by atoms with Crippen molar-refractivity contribution >= 4 is 11.9 Å². The van der Waals surface area contributed by atoms with E-state index in [4.69, 9.17) is 0 Å². The van der Waals surface area contributed by atoms with Crippen LogP contribution in [0.1, 0.15) is 11.1 Å². The lowest BCUT2D eigenvalue weighted by Crippen LogP contribution is -2.16. The van der Waals surface area contributed by atoms with E-state index in [1.807, 2.05) is 43.6 Å². The molecule has 0 fully saturated rings. The van der Waals surface area contributed by atoms with Crippen LogP contribution in [0, 0.1) is 6.92 Å². The largest absolute Gasteiger partial charge is 0.355 e. The van der Waals surface area contributed by atoms with Gasteiger partial charge in [0.1, 0.15) is 6.67 Å². The third-order valence-electron chi connectivity index (χ3n) is 2.91. The first-order valence-corrected chi connectivity index (χ1v) is 6.09. The number of anilines is 1. The molecule has 0 amide bonds. The average Bonchev–Trinajstić information content (AvgIpc) is 2.42. The topological polar surface area (TPSA) is 15.6 Å². The molecule has 2 rings (SSSR count). The molecular formula is C16H18N2. The molecule has 0 radical (unpaired) electrons. The molecule has 2 nitrogen and oxygen atoms in total. The molecule has 92 valence electrons. The fourth-order valence-corrected chi connectivity index (χ4v) is 1.76. The molecule has 2 heteroatoms. The van der Waals surface area contributed by atoms with Gasteiger partial charge in [-0.05, 0) is 30.2 Å². The average molecular weight is 238 g/mol. The van der Waals surface area contributed by atoms with Gasteiger partial charge in [0.25, 0.3) is 0 Å². The molecule has 18 heavy (non-hydrogen) atoms. The SMILES string of the molecule is Cc1ccccc1C=NCN(C)c1ccccc1. The zero-order chi connectivity index (χ0) is 12.8. The Bertz CT molecular complexity index is 518. The van der Waals surface area contributed by atoms with Crippen LogP contribution >= 0.6 is 0 Å². The molecule has 0 unspecified atom stereocenters. The number of hydrogen-bond acceptors (Lipinski definition) is 2. The first kappa shape index (κ1) is 12.4. The third kappa shape index (κ3) is 3.20. The number of hydrogen-bond donors (Lipinski definition) is 0. The highest BCUT2D eigenvalue weighted by molar-refractivity contribution is 5.81. The second-order valence-corrected chi connectivity index (χ2v) is 4.34. The van der Waals surface area contributed by atoms with Crippen molar-refractivity contribution in [1.29, 1.82) is 0 Å². The predicted octanol–water partition coefficient (Wildman–Crippen LogP) is 3.51. The Morgan fingerprint density at radius 2 is 1.67 bits per heavy atom. The van der Waals surface area contributed by atoms with E-state index in [1.54, 1.807) is 0 Å². The Balaban J connectivity index is 1.98. The number of rotatable bonds is 4. The number of benzene rings is 2. The van der Waals surface area contributed by atoms with Crippen molar-refractivity contribution in [1.82, 2.24) is 0 Å². The van der Waals surface area contributed by atoms with Gasteiger partial charge in [-0.25, -0.2) is 0 Å². The summed E-state index contributed by atoms with van der Waals surface area (Å²) in [4.78, 5) is 6.60. The molecule has 0 atom stereocenters. The highest BCUT2D eigenvalue weighted by Crippen LogP contribution is 2.10. The third-order valence-corrected chi connectivity index (χ3v) is 2.91. The summed E-state index contributed by atoms with van der Waals surface area (Å²) in [5, 5.41) is 0. The molecule has 0 aliphatic heterocycles. The maximum absolute atomic E-state index is 4.48. The summed E-state index contributed by atoms with van der Waals surface area (Å²) in [7, 11) is 2.05. The van der Waals surface area contributed by atoms with Crippen molar-refractivity contribution in [3.05, 3.63) is 65.7 Å². The van der Waals surface area contributed by atoms with E-state index < -0.39 is 0 Å². The van der Waals surface area contributed by atoms with Crippen molar-refractivity contribution in [3.8, 4) is 0 Å². The van der Waals surface area contributed by atoms with E-state index in [0.29, 0.717) is 6.67 Å². The quantitative estimate of drug-likeness (QED) is 0.744. The highest BCUT2D eigenvalue weighted by Gasteiger charge is 1.97. The van der Waals surface area contributed by atoms with Gasteiger partial charge in [0.15, 0.2) is 0 Å². The second kappa shape index (κ2) is 6.01. The summed E-state index contributed by atoms with van der Waals surface area (Å²) < 4.78 is 0. The second-order valence-electron chi connectivity index (χ2n) is 4.34. The molecule has 0 spiro atoms. The van der Waals surface area contributed by atoms with E-state index in [9.17, 15) is 0 Å². The number of para-hydroxylation sites is 1. The molecule has 0 aliphatic rings. The molecule has 0 saturated heterocycles. The van der Waals surface area contributed by atoms with Gasteiger partial charge in [-0.3, -0.25) is 4.99 Å². The molecule has 0 saturated carbocycles. The molecule has 2 aromatic rings. The van der Waals surface area contributed by atoms with E-state index in [2.05, 4.69) is 41.1 Å². The highest BCUT2D eigenvalue weighted by atomic mass is 15.2. The van der Waals surface area contributed by atoms with Crippen molar-refractivity contribution in [2.45, 2.75) is 6.92 Å². The van der Waals surface area contributed by atoms with Gasteiger partial charge in [0.05, 0.1) is 0 Å². The number of nitrogens with zero attached hydrogens (tertiary/aromatic N) is 2. The number of aliphatic imine (C=N–C) groups is 1. The molecule has 0 aromatic heterocycles. The molecule has 0 N–H and O–H groups in total. The maximum atomic E-state index is 4.48. The van der Waals surface area contributed by atoms with Crippen LogP contribution < -0.4 is 4.90 Å². The van der Waals surface area contributed by atoms with Crippen LogP contribution in [0.25, 0.3) is 0 Å². The summed E-state index contributed by atoms with van der Waals surface area (Å²) in [5.74, 6) is 0. The van der Waals surface area contributed by atoms with Crippen LogP contribution in [0.4, 0.5) is 5.69 Å². The minimum absolute atomic E-state index is 0.665. The zero-order valence-electron chi connectivity index (χ0n) is 10.9. The van der Waals surface area contributed by atoms with Gasteiger partial charge in [0.2, 0.25) is 0 Å². The summed E-state index contributed by atoms with van der Waals surface area (Å²) in [6, 6.07) is 18.5. The minimum atomic E-state index is 0.665. The molecule has 2 aromatic carbocycles. The summed E-state index contributed by atoms with van der Waals surface area (Å²) in [5.41, 5.74) is 3.61. The van der Waals surface area contributed by atoms with Crippen molar-refractivity contribution in [2.24, 2.45) is 4.99 Å². The van der Waals surface area contributed by atoms with E-state index >= 15 is 0 Å². The fraction of sp³-hybridized carbons (Fsp3) is 0.188. The first-order valence-electron chi connectivity index (χ1n) is 6.09. The van der Waals surface area contributed by atoms with Gasteiger partial charge in [0, 0.05) is 18.9 Å². The normalized spacial score (nSPS) is 10.8. The standard InChI is InChI=1S/C16H18N2/c1-14-8-6-7-9-15(14)12-17-13-18(2)16-10-4-3-5-11-16/h3-12H,13H2,1-2H3. The summed E-state index contributed by atoms with van der Waals surface area (Å²) in [6.07, 6.45) is 1.94.